The van der Waals surface area contributed by atoms with Crippen molar-refractivity contribution in [1.29, 1.82) is 0 Å². The van der Waals surface area contributed by atoms with E-state index in [0.29, 0.717) is 28.8 Å². The highest BCUT2D eigenvalue weighted by Gasteiger charge is 2.40. The van der Waals surface area contributed by atoms with Crippen molar-refractivity contribution in [2.45, 2.75) is 107 Å². The van der Waals surface area contributed by atoms with Gasteiger partial charge in [-0.05, 0) is 84.7 Å². The fourth-order valence-corrected chi connectivity index (χ4v) is 10.7. The third-order valence-corrected chi connectivity index (χ3v) is 15.9. The largest absolute Gasteiger partial charge is 0.508 e. The summed E-state index contributed by atoms with van der Waals surface area (Å²) in [5.74, 6) is -11.3. The number of carboxylic acids is 3. The molecule has 4 aromatic carbocycles. The first-order valence-corrected chi connectivity index (χ1v) is 29.1. The molecule has 0 spiro atoms. The van der Waals surface area contributed by atoms with Gasteiger partial charge >= 0.3 is 23.9 Å². The van der Waals surface area contributed by atoms with Crippen molar-refractivity contribution in [2.75, 3.05) is 38.5 Å². The van der Waals surface area contributed by atoms with Crippen LogP contribution in [0.4, 0.5) is 13.6 Å². The molecule has 0 aromatic heterocycles. The zero-order valence-electron chi connectivity index (χ0n) is 48.0. The van der Waals surface area contributed by atoms with Crippen LogP contribution in [-0.2, 0) is 67.3 Å². The Bertz CT molecular complexity index is 3250. The molecule has 4 aromatic rings. The van der Waals surface area contributed by atoms with Crippen LogP contribution in [-0.4, -0.2) is 168 Å². The number of allylic oxidation sites excluding steroid dienone is 1. The lowest BCUT2D eigenvalue weighted by atomic mass is 9.96. The highest BCUT2D eigenvalue weighted by atomic mass is 32.2. The molecule has 13 N–H and O–H groups in total. The van der Waals surface area contributed by atoms with Gasteiger partial charge in [-0.25, -0.2) is 28.0 Å². The third-order valence-electron chi connectivity index (χ3n) is 14.6. The summed E-state index contributed by atoms with van der Waals surface area (Å²) in [6.45, 7) is 0.716. The Morgan fingerprint density at radius 1 is 0.670 bits per heavy atom. The van der Waals surface area contributed by atoms with Crippen LogP contribution in [0.1, 0.15) is 85.7 Å². The molecule has 0 saturated carbocycles. The van der Waals surface area contributed by atoms with Crippen molar-refractivity contribution in [2.24, 2.45) is 11.5 Å². The summed E-state index contributed by atoms with van der Waals surface area (Å²) in [5.41, 5.74) is 16.1. The molecule has 1 fully saturated rings. The highest BCUT2D eigenvalue weighted by Crippen LogP contribution is 2.32. The number of halogens is 2. The van der Waals surface area contributed by atoms with Gasteiger partial charge in [-0.2, -0.15) is 0 Å². The fraction of sp³-hybridized carbons (Fsp3) is 0.383. The number of aryl methyl sites for hydroxylation is 2. The van der Waals surface area contributed by atoms with E-state index in [4.69, 9.17) is 11.5 Å². The first kappa shape index (κ1) is 67.8. The topological polar surface area (TPSA) is 391 Å². The number of phenolic OH excluding ortho intramolecular Hbond substituents is 1. The summed E-state index contributed by atoms with van der Waals surface area (Å²) in [7, 11) is 0. The second kappa shape index (κ2) is 32.5. The number of nitrogens with zero attached hydrogens (tertiary/aromatic N) is 3. The van der Waals surface area contributed by atoms with Crippen molar-refractivity contribution in [3.63, 3.8) is 0 Å². The van der Waals surface area contributed by atoms with E-state index in [0.717, 1.165) is 39.9 Å². The summed E-state index contributed by atoms with van der Waals surface area (Å²) in [5, 5.41) is 49.8. The van der Waals surface area contributed by atoms with Crippen LogP contribution in [0.25, 0.3) is 5.57 Å². The predicted molar refractivity (Wildman–Crippen MR) is 315 cm³/mol. The number of rotatable bonds is 33. The van der Waals surface area contributed by atoms with E-state index < -0.39 is 145 Å². The number of aliphatic carboxylic acids is 3. The normalized spacial score (nSPS) is 15.9. The highest BCUT2D eigenvalue weighted by molar-refractivity contribution is 8.00. The van der Waals surface area contributed by atoms with E-state index >= 15 is 0 Å². The number of hydrogen-bond donors (Lipinski definition) is 11. The molecule has 2 aliphatic rings. The Morgan fingerprint density at radius 3 is 1.89 bits per heavy atom. The molecule has 470 valence electrons. The quantitative estimate of drug-likeness (QED) is 0.0305. The number of aromatic hydroxyl groups is 1. The number of nitrogens with one attached hydrogen (secondary N) is 5. The minimum Gasteiger partial charge on any atom is -0.508 e. The molecule has 1 saturated heterocycles. The van der Waals surface area contributed by atoms with Gasteiger partial charge in [0.25, 0.3) is 0 Å². The van der Waals surface area contributed by atoms with Gasteiger partial charge < -0.3 is 63.4 Å². The molecule has 9 amide bonds. The van der Waals surface area contributed by atoms with Crippen LogP contribution in [0.5, 0.6) is 5.75 Å². The third kappa shape index (κ3) is 19.9. The van der Waals surface area contributed by atoms with Gasteiger partial charge in [0.1, 0.15) is 41.6 Å². The van der Waals surface area contributed by atoms with Crippen molar-refractivity contribution < 1.29 is 81.9 Å². The molecule has 2 aliphatic heterocycles. The van der Waals surface area contributed by atoms with Gasteiger partial charge in [0.2, 0.25) is 41.4 Å². The summed E-state index contributed by atoms with van der Waals surface area (Å²) in [6.07, 6.45) is -1.83. The Labute approximate surface area is 508 Å². The molecule has 0 radical (unpaired) electrons. The predicted octanol–water partition coefficient (Wildman–Crippen LogP) is 2.29. The van der Waals surface area contributed by atoms with Gasteiger partial charge in [0, 0.05) is 87.9 Å². The average molecular weight is 1240 g/mol. The van der Waals surface area contributed by atoms with Gasteiger partial charge in [-0.1, -0.05) is 72.8 Å². The second-order valence-electron chi connectivity index (χ2n) is 21.0. The zero-order chi connectivity index (χ0) is 64.2. The summed E-state index contributed by atoms with van der Waals surface area (Å²) < 4.78 is 29.9. The SMILES string of the molecule is CC1=C(c2cccc(CCC(=O)NC(CCC(=O)NC(CCC(=O)NCC(N)C(=O)NC(CSC3CC(=O)N(CCNC(=O)CCc4ccc(O)cc4)C3=O)C(=O)O)C(=O)O)C(=O)O)c2)CN(C[C@H](N)c2ccccc2)C(=O)N1Cc1c(F)cccc1F. The first-order chi connectivity index (χ1) is 41.9. The molecule has 6 atom stereocenters. The number of phenols is 1. The van der Waals surface area contributed by atoms with Crippen molar-refractivity contribution in [1.82, 2.24) is 41.3 Å². The van der Waals surface area contributed by atoms with E-state index in [9.17, 15) is 81.9 Å². The molecular weight excluding hydrogens is 1170 g/mol. The fourth-order valence-electron chi connectivity index (χ4n) is 9.54. The Morgan fingerprint density at radius 2 is 1.25 bits per heavy atom. The second-order valence-corrected chi connectivity index (χ2v) is 22.2. The molecule has 0 aliphatic carbocycles. The lowest BCUT2D eigenvalue weighted by molar-refractivity contribution is -0.143. The first-order valence-electron chi connectivity index (χ1n) is 28.1. The van der Waals surface area contributed by atoms with E-state index in [1.165, 1.54) is 28.0 Å². The van der Waals surface area contributed by atoms with Crippen LogP contribution < -0.4 is 38.1 Å². The van der Waals surface area contributed by atoms with Gasteiger partial charge in [0.15, 0.2) is 0 Å². The van der Waals surface area contributed by atoms with E-state index in [2.05, 4.69) is 26.6 Å². The van der Waals surface area contributed by atoms with Gasteiger partial charge in [-0.15, -0.1) is 11.8 Å². The Hall–Kier alpha value is -9.28. The maximum absolute atomic E-state index is 14.9. The number of thioether (sulfide) groups is 1. The summed E-state index contributed by atoms with van der Waals surface area (Å²) in [4.78, 5) is 144. The number of carbonyl (C=O) groups excluding carboxylic acids is 8. The van der Waals surface area contributed by atoms with E-state index in [-0.39, 0.29) is 74.8 Å². The van der Waals surface area contributed by atoms with E-state index in [1.807, 2.05) is 30.3 Å². The zero-order valence-corrected chi connectivity index (χ0v) is 48.8. The van der Waals surface area contributed by atoms with Crippen molar-refractivity contribution in [3.8, 4) is 5.75 Å². The van der Waals surface area contributed by atoms with E-state index in [1.54, 1.807) is 43.3 Å². The molecule has 28 heteroatoms. The van der Waals surface area contributed by atoms with Crippen LogP contribution in [0, 0.1) is 11.6 Å². The molecule has 2 heterocycles. The van der Waals surface area contributed by atoms with Crippen LogP contribution in [0.3, 0.4) is 0 Å². The number of amides is 9. The standard InChI is InChI=1S/C60H70F2N10O15S/c1-34-40(30-70(32-45(64)37-8-3-2-4-9-37)60(87)72(34)31-41-42(61)11-6-12-43(41)62)38-10-5-7-36(27-38)16-22-52(76)67-47(58(83)84)20-24-53(77)68-46(57(81)82)19-23-51(75)66-29-44(63)55(79)69-48(59(85)86)33-88-49-28-54(78)71(56(49)80)26-25-65-50(74)21-15-35-13-17-39(73)18-14-35/h2-14,17-18,27,44-49,73H,15-16,19-26,28-33,63-64H2,1H3,(H,65,74)(H,66,75)(H,67,76)(H,68,77)(H,69,79)(H,81,82)(H,83,84)(H,85,86)/t44?,45-,46?,47?,48?,49?/m0/s1. The molecule has 5 unspecified atom stereocenters. The van der Waals surface area contributed by atoms with Crippen molar-refractivity contribution in [3.05, 3.63) is 142 Å². The molecule has 6 rings (SSSR count). The minimum atomic E-state index is -1.64. The molecule has 0 bridgehead atoms. The minimum absolute atomic E-state index is 0.0234. The summed E-state index contributed by atoms with van der Waals surface area (Å²) >= 11 is 0.815. The van der Waals surface area contributed by atoms with Crippen molar-refractivity contribution >= 4 is 82.6 Å². The number of urea groups is 1. The monoisotopic (exact) mass is 1240 g/mol. The summed E-state index contributed by atoms with van der Waals surface area (Å²) in [6, 6.07) is 18.4. The van der Waals surface area contributed by atoms with Crippen LogP contribution in [0.15, 0.2) is 103 Å². The number of benzene rings is 4. The average Bonchev–Trinajstić information content (AvgIpc) is 2.04. The lowest BCUT2D eigenvalue weighted by Gasteiger charge is -2.39. The Kier molecular flexibility index (Phi) is 25.0. The van der Waals surface area contributed by atoms with Crippen LogP contribution >= 0.6 is 11.8 Å². The number of carbonyl (C=O) groups is 11. The molecular formula is C60H70F2N10O15S. The number of imide groups is 1. The number of carboxylic acid groups (broad SMARTS) is 3. The van der Waals surface area contributed by atoms with Gasteiger partial charge in [0.05, 0.1) is 11.8 Å². The molecule has 88 heavy (non-hydrogen) atoms. The number of nitrogens with two attached hydrogens (primary N) is 2. The number of likely N-dealkylation sites (tertiary alicyclic amines) is 1. The van der Waals surface area contributed by atoms with Gasteiger partial charge in [-0.3, -0.25) is 43.4 Å². The Balaban J connectivity index is 0.918. The maximum atomic E-state index is 14.9. The maximum Gasteiger partial charge on any atom is 0.327 e. The smallest absolute Gasteiger partial charge is 0.327 e. The lowest BCUT2D eigenvalue weighted by Crippen LogP contribution is -2.53. The van der Waals surface area contributed by atoms with Crippen LogP contribution in [0.2, 0.25) is 0 Å². The number of hydrogen-bond acceptors (Lipinski definition) is 15. The molecule has 25 nitrogen and oxygen atoms in total.